The number of hydrogen-bond acceptors (Lipinski definition) is 5. The highest BCUT2D eigenvalue weighted by Crippen LogP contribution is 2.15. The Morgan fingerprint density at radius 3 is 2.32 bits per heavy atom. The number of rotatable bonds is 9. The number of nitriles is 1. The lowest BCUT2D eigenvalue weighted by atomic mass is 10.2. The zero-order valence-electron chi connectivity index (χ0n) is 14.1. The van der Waals surface area contributed by atoms with Crippen molar-refractivity contribution in [2.75, 3.05) is 33.4 Å². The third kappa shape index (κ3) is 7.02. The van der Waals surface area contributed by atoms with E-state index in [1.807, 2.05) is 30.1 Å². The molecule has 5 nitrogen and oxygen atoms in total. The lowest BCUT2D eigenvalue weighted by Gasteiger charge is -2.21. The first-order valence-electron chi connectivity index (χ1n) is 7.95. The van der Waals surface area contributed by atoms with E-state index >= 15 is 0 Å². The summed E-state index contributed by atoms with van der Waals surface area (Å²) in [5.74, 6) is 1.40. The Kier molecular flexibility index (Phi) is 7.55. The van der Waals surface area contributed by atoms with Crippen molar-refractivity contribution < 1.29 is 14.6 Å². The van der Waals surface area contributed by atoms with Gasteiger partial charge in [-0.3, -0.25) is 0 Å². The van der Waals surface area contributed by atoms with Crippen LogP contribution in [0.25, 0.3) is 0 Å². The standard InChI is InChI=1S/C19H21ClN2O3/c1-22(10-11-24-18-8-4-16(20)5-9-18)13-17(23)14-25-19-6-2-15(12-21)3-7-19/h2-9,17,23H,10-11,13-14H2,1H3. The third-order valence-electron chi connectivity index (χ3n) is 3.50. The van der Waals surface area contributed by atoms with Gasteiger partial charge in [0.05, 0.1) is 11.6 Å². The molecule has 2 aromatic rings. The second kappa shape index (κ2) is 9.90. The van der Waals surface area contributed by atoms with Gasteiger partial charge in [-0.05, 0) is 55.6 Å². The average molecular weight is 361 g/mol. The van der Waals surface area contributed by atoms with E-state index in [-0.39, 0.29) is 6.61 Å². The van der Waals surface area contributed by atoms with E-state index in [4.69, 9.17) is 26.3 Å². The van der Waals surface area contributed by atoms with Crippen LogP contribution < -0.4 is 9.47 Å². The maximum Gasteiger partial charge on any atom is 0.119 e. The first-order valence-corrected chi connectivity index (χ1v) is 8.32. The van der Waals surface area contributed by atoms with Crippen LogP contribution in [0.1, 0.15) is 5.56 Å². The molecule has 0 fully saturated rings. The van der Waals surface area contributed by atoms with Crippen molar-refractivity contribution in [3.05, 3.63) is 59.1 Å². The zero-order valence-corrected chi connectivity index (χ0v) is 14.8. The van der Waals surface area contributed by atoms with Crippen LogP contribution in [-0.2, 0) is 0 Å². The van der Waals surface area contributed by atoms with E-state index in [9.17, 15) is 5.11 Å². The Morgan fingerprint density at radius 2 is 1.68 bits per heavy atom. The Bertz CT molecular complexity index is 683. The summed E-state index contributed by atoms with van der Waals surface area (Å²) < 4.78 is 11.1. The maximum absolute atomic E-state index is 10.1. The highest BCUT2D eigenvalue weighted by molar-refractivity contribution is 6.30. The van der Waals surface area contributed by atoms with Gasteiger partial charge in [-0.25, -0.2) is 0 Å². The topological polar surface area (TPSA) is 65.7 Å². The van der Waals surface area contributed by atoms with Gasteiger partial charge in [0.15, 0.2) is 0 Å². The minimum atomic E-state index is -0.615. The second-order valence-electron chi connectivity index (χ2n) is 5.67. The predicted molar refractivity (Wildman–Crippen MR) is 97.1 cm³/mol. The van der Waals surface area contributed by atoms with Crippen LogP contribution in [0.4, 0.5) is 0 Å². The van der Waals surface area contributed by atoms with E-state index in [2.05, 4.69) is 0 Å². The zero-order chi connectivity index (χ0) is 18.1. The number of benzene rings is 2. The van der Waals surface area contributed by atoms with Gasteiger partial charge in [0.2, 0.25) is 0 Å². The molecule has 0 saturated heterocycles. The number of ether oxygens (including phenoxy) is 2. The van der Waals surface area contributed by atoms with Gasteiger partial charge in [0.25, 0.3) is 0 Å². The fourth-order valence-electron chi connectivity index (χ4n) is 2.17. The Morgan fingerprint density at radius 1 is 1.08 bits per heavy atom. The minimum Gasteiger partial charge on any atom is -0.492 e. The molecule has 0 heterocycles. The largest absolute Gasteiger partial charge is 0.492 e. The molecule has 132 valence electrons. The molecule has 0 aliphatic carbocycles. The van der Waals surface area contributed by atoms with E-state index < -0.39 is 6.10 Å². The Labute approximate surface area is 153 Å². The lowest BCUT2D eigenvalue weighted by Crippen LogP contribution is -2.35. The van der Waals surface area contributed by atoms with Crippen molar-refractivity contribution in [3.63, 3.8) is 0 Å². The van der Waals surface area contributed by atoms with E-state index in [1.165, 1.54) is 0 Å². The monoisotopic (exact) mass is 360 g/mol. The van der Waals surface area contributed by atoms with Crippen LogP contribution in [0.15, 0.2) is 48.5 Å². The van der Waals surface area contributed by atoms with Crippen LogP contribution in [-0.4, -0.2) is 49.5 Å². The number of hydrogen-bond donors (Lipinski definition) is 1. The fourth-order valence-corrected chi connectivity index (χ4v) is 2.30. The van der Waals surface area contributed by atoms with Gasteiger partial charge in [0.1, 0.15) is 30.8 Å². The molecular formula is C19H21ClN2O3. The quantitative estimate of drug-likeness (QED) is 0.744. The second-order valence-corrected chi connectivity index (χ2v) is 6.10. The van der Waals surface area contributed by atoms with Crippen LogP contribution in [0.5, 0.6) is 11.5 Å². The first-order chi connectivity index (χ1) is 12.1. The third-order valence-corrected chi connectivity index (χ3v) is 3.76. The molecule has 0 amide bonds. The van der Waals surface area contributed by atoms with Gasteiger partial charge in [-0.15, -0.1) is 0 Å². The van der Waals surface area contributed by atoms with Gasteiger partial charge in [-0.2, -0.15) is 5.26 Å². The molecule has 2 rings (SSSR count). The Hall–Kier alpha value is -2.26. The molecule has 2 aromatic carbocycles. The summed E-state index contributed by atoms with van der Waals surface area (Å²) in [7, 11) is 1.91. The summed E-state index contributed by atoms with van der Waals surface area (Å²) in [5.41, 5.74) is 0.577. The molecule has 6 heteroatoms. The average Bonchev–Trinajstić information content (AvgIpc) is 2.62. The Balaban J connectivity index is 1.64. The SMILES string of the molecule is CN(CCOc1ccc(Cl)cc1)CC(O)COc1ccc(C#N)cc1. The molecule has 0 bridgehead atoms. The van der Waals surface area contributed by atoms with E-state index in [0.29, 0.717) is 36.0 Å². The lowest BCUT2D eigenvalue weighted by molar-refractivity contribution is 0.0723. The number of likely N-dealkylation sites (N-methyl/N-ethyl adjacent to an activating group) is 1. The van der Waals surface area contributed by atoms with Crippen LogP contribution in [0.3, 0.4) is 0 Å². The normalized spacial score (nSPS) is 11.8. The molecule has 0 aliphatic heterocycles. The number of halogens is 1. The smallest absolute Gasteiger partial charge is 0.119 e. The highest BCUT2D eigenvalue weighted by atomic mass is 35.5. The summed E-state index contributed by atoms with van der Waals surface area (Å²) in [6, 6.07) is 16.1. The van der Waals surface area contributed by atoms with Crippen LogP contribution in [0.2, 0.25) is 5.02 Å². The van der Waals surface area contributed by atoms with Crippen molar-refractivity contribution >= 4 is 11.6 Å². The molecule has 1 atom stereocenters. The maximum atomic E-state index is 10.1. The van der Waals surface area contributed by atoms with Crippen molar-refractivity contribution in [2.24, 2.45) is 0 Å². The van der Waals surface area contributed by atoms with Gasteiger partial charge < -0.3 is 19.5 Å². The molecule has 0 aliphatic rings. The highest BCUT2D eigenvalue weighted by Gasteiger charge is 2.09. The predicted octanol–water partition coefficient (Wildman–Crippen LogP) is 2.96. The van der Waals surface area contributed by atoms with Gasteiger partial charge in [0, 0.05) is 18.1 Å². The van der Waals surface area contributed by atoms with Crippen molar-refractivity contribution in [1.29, 1.82) is 5.26 Å². The number of aliphatic hydroxyl groups excluding tert-OH is 1. The summed E-state index contributed by atoms with van der Waals surface area (Å²) >= 11 is 5.82. The summed E-state index contributed by atoms with van der Waals surface area (Å²) in [6.45, 7) is 1.85. The molecule has 1 unspecified atom stereocenters. The summed E-state index contributed by atoms with van der Waals surface area (Å²) in [4.78, 5) is 1.97. The molecule has 1 N–H and O–H groups in total. The number of aliphatic hydroxyl groups is 1. The van der Waals surface area contributed by atoms with Gasteiger partial charge >= 0.3 is 0 Å². The minimum absolute atomic E-state index is 0.189. The van der Waals surface area contributed by atoms with Crippen LogP contribution in [0, 0.1) is 11.3 Å². The van der Waals surface area contributed by atoms with Crippen molar-refractivity contribution in [1.82, 2.24) is 4.90 Å². The molecule has 25 heavy (non-hydrogen) atoms. The molecule has 0 saturated carbocycles. The molecule has 0 aromatic heterocycles. The first kappa shape index (κ1) is 19.1. The van der Waals surface area contributed by atoms with Crippen LogP contribution >= 0.6 is 11.6 Å². The van der Waals surface area contributed by atoms with E-state index in [1.54, 1.807) is 36.4 Å². The number of nitrogens with zero attached hydrogens (tertiary/aromatic N) is 2. The summed E-state index contributed by atoms with van der Waals surface area (Å²) in [6.07, 6.45) is -0.615. The van der Waals surface area contributed by atoms with Crippen molar-refractivity contribution in [2.45, 2.75) is 6.10 Å². The fraction of sp³-hybridized carbons (Fsp3) is 0.316. The van der Waals surface area contributed by atoms with Crippen molar-refractivity contribution in [3.8, 4) is 17.6 Å². The summed E-state index contributed by atoms with van der Waals surface area (Å²) in [5, 5.41) is 19.5. The molecule has 0 radical (unpaired) electrons. The van der Waals surface area contributed by atoms with Gasteiger partial charge in [-0.1, -0.05) is 11.6 Å². The molecule has 0 spiro atoms. The molecular weight excluding hydrogens is 340 g/mol. The van der Waals surface area contributed by atoms with E-state index in [0.717, 1.165) is 5.75 Å².